The number of hydrogen-bond donors (Lipinski definition) is 1. The highest BCUT2D eigenvalue weighted by Crippen LogP contribution is 2.39. The van der Waals surface area contributed by atoms with Crippen LogP contribution in [0.5, 0.6) is 0 Å². The van der Waals surface area contributed by atoms with Crippen LogP contribution in [0.4, 0.5) is 0 Å². The van der Waals surface area contributed by atoms with E-state index in [0.717, 1.165) is 31.5 Å². The van der Waals surface area contributed by atoms with E-state index in [1.54, 1.807) is 6.20 Å². The van der Waals surface area contributed by atoms with Gasteiger partial charge in [0.05, 0.1) is 5.69 Å². The molecule has 0 saturated carbocycles. The van der Waals surface area contributed by atoms with Crippen molar-refractivity contribution in [3.63, 3.8) is 0 Å². The predicted molar refractivity (Wildman–Crippen MR) is 72.8 cm³/mol. The second-order valence-electron chi connectivity index (χ2n) is 5.44. The highest BCUT2D eigenvalue weighted by Gasteiger charge is 2.49. The van der Waals surface area contributed by atoms with E-state index in [9.17, 15) is 9.90 Å². The SMILES string of the molecule is CCCC1(C(=O)O)CCCN1C(C)c1ccnn1C. The quantitative estimate of drug-likeness (QED) is 0.886. The highest BCUT2D eigenvalue weighted by molar-refractivity contribution is 5.79. The molecular formula is C14H23N3O2. The molecule has 1 aromatic rings. The Hall–Kier alpha value is -1.36. The Morgan fingerprint density at radius 1 is 1.63 bits per heavy atom. The van der Waals surface area contributed by atoms with Crippen molar-refractivity contribution in [1.82, 2.24) is 14.7 Å². The molecule has 0 bridgehead atoms. The Morgan fingerprint density at radius 2 is 2.37 bits per heavy atom. The second kappa shape index (κ2) is 5.33. The molecule has 0 aliphatic carbocycles. The average Bonchev–Trinajstić information content (AvgIpc) is 2.96. The first-order valence-electron chi connectivity index (χ1n) is 7.01. The summed E-state index contributed by atoms with van der Waals surface area (Å²) in [5.74, 6) is -0.680. The van der Waals surface area contributed by atoms with E-state index in [0.29, 0.717) is 6.42 Å². The van der Waals surface area contributed by atoms with Crippen molar-refractivity contribution >= 4 is 5.97 Å². The molecule has 2 unspecified atom stereocenters. The monoisotopic (exact) mass is 265 g/mol. The van der Waals surface area contributed by atoms with Crippen LogP contribution in [0.3, 0.4) is 0 Å². The standard InChI is InChI=1S/C14H23N3O2/c1-4-7-14(13(18)19)8-5-10-17(14)11(2)12-6-9-15-16(12)3/h6,9,11H,4-5,7-8,10H2,1-3H3,(H,18,19). The van der Waals surface area contributed by atoms with Crippen molar-refractivity contribution in [1.29, 1.82) is 0 Å². The second-order valence-corrected chi connectivity index (χ2v) is 5.44. The van der Waals surface area contributed by atoms with Crippen LogP contribution >= 0.6 is 0 Å². The molecule has 5 nitrogen and oxygen atoms in total. The molecule has 0 amide bonds. The Bertz CT molecular complexity index is 457. The Morgan fingerprint density at radius 3 is 2.89 bits per heavy atom. The summed E-state index contributed by atoms with van der Waals surface area (Å²) in [6.45, 7) is 4.98. The summed E-state index contributed by atoms with van der Waals surface area (Å²) in [5, 5.41) is 13.9. The molecule has 2 heterocycles. The first kappa shape index (κ1) is 14.1. The van der Waals surface area contributed by atoms with Gasteiger partial charge in [0, 0.05) is 19.3 Å². The topological polar surface area (TPSA) is 58.4 Å². The van der Waals surface area contributed by atoms with Gasteiger partial charge in [-0.1, -0.05) is 13.3 Å². The van der Waals surface area contributed by atoms with E-state index in [1.165, 1.54) is 0 Å². The van der Waals surface area contributed by atoms with Gasteiger partial charge in [0.1, 0.15) is 5.54 Å². The zero-order valence-electron chi connectivity index (χ0n) is 12.0. The summed E-state index contributed by atoms with van der Waals surface area (Å²) in [4.78, 5) is 14.0. The van der Waals surface area contributed by atoms with Crippen LogP contribution < -0.4 is 0 Å². The van der Waals surface area contributed by atoms with Crippen molar-refractivity contribution in [2.45, 2.75) is 51.1 Å². The van der Waals surface area contributed by atoms with Crippen LogP contribution in [-0.4, -0.2) is 37.8 Å². The maximum absolute atomic E-state index is 11.8. The number of hydrogen-bond acceptors (Lipinski definition) is 3. The molecular weight excluding hydrogens is 242 g/mol. The van der Waals surface area contributed by atoms with Crippen LogP contribution in [0.1, 0.15) is 51.3 Å². The molecule has 106 valence electrons. The van der Waals surface area contributed by atoms with Crippen molar-refractivity contribution in [2.75, 3.05) is 6.54 Å². The van der Waals surface area contributed by atoms with Crippen LogP contribution in [0.15, 0.2) is 12.3 Å². The molecule has 1 fully saturated rings. The zero-order chi connectivity index (χ0) is 14.0. The summed E-state index contributed by atoms with van der Waals surface area (Å²) >= 11 is 0. The van der Waals surface area contributed by atoms with Gasteiger partial charge in [-0.3, -0.25) is 14.4 Å². The minimum Gasteiger partial charge on any atom is -0.480 e. The van der Waals surface area contributed by atoms with E-state index in [-0.39, 0.29) is 6.04 Å². The van der Waals surface area contributed by atoms with Gasteiger partial charge in [-0.05, 0) is 38.8 Å². The normalized spacial score (nSPS) is 25.6. The lowest BCUT2D eigenvalue weighted by Crippen LogP contribution is -2.51. The summed E-state index contributed by atoms with van der Waals surface area (Å²) in [7, 11) is 1.91. The lowest BCUT2D eigenvalue weighted by Gasteiger charge is -2.38. The Labute approximate surface area is 114 Å². The van der Waals surface area contributed by atoms with Gasteiger partial charge in [-0.2, -0.15) is 5.10 Å². The van der Waals surface area contributed by atoms with Crippen molar-refractivity contribution in [3.8, 4) is 0 Å². The molecule has 1 saturated heterocycles. The number of rotatable bonds is 5. The molecule has 1 N–H and O–H groups in total. The van der Waals surface area contributed by atoms with E-state index in [4.69, 9.17) is 0 Å². The number of carbonyl (C=O) groups is 1. The third-order valence-electron chi connectivity index (χ3n) is 4.36. The van der Waals surface area contributed by atoms with Crippen LogP contribution in [-0.2, 0) is 11.8 Å². The molecule has 1 aliphatic heterocycles. The molecule has 1 aromatic heterocycles. The fourth-order valence-corrected chi connectivity index (χ4v) is 3.44. The molecule has 1 aliphatic rings. The largest absolute Gasteiger partial charge is 0.480 e. The van der Waals surface area contributed by atoms with Crippen LogP contribution in [0.25, 0.3) is 0 Å². The minimum absolute atomic E-state index is 0.0812. The van der Waals surface area contributed by atoms with Gasteiger partial charge in [-0.25, -0.2) is 0 Å². The van der Waals surface area contributed by atoms with Crippen molar-refractivity contribution < 1.29 is 9.90 Å². The van der Waals surface area contributed by atoms with E-state index in [1.807, 2.05) is 17.8 Å². The number of aryl methyl sites for hydroxylation is 1. The smallest absolute Gasteiger partial charge is 0.324 e. The maximum Gasteiger partial charge on any atom is 0.324 e. The predicted octanol–water partition coefficient (Wildman–Crippen LogP) is 2.20. The Kier molecular flexibility index (Phi) is 3.94. The number of aliphatic carboxylic acids is 1. The molecule has 0 radical (unpaired) electrons. The maximum atomic E-state index is 11.8. The average molecular weight is 265 g/mol. The minimum atomic E-state index is -0.696. The van der Waals surface area contributed by atoms with Gasteiger partial charge in [0.2, 0.25) is 0 Å². The Balaban J connectivity index is 2.31. The van der Waals surface area contributed by atoms with E-state index in [2.05, 4.69) is 23.8 Å². The molecule has 2 rings (SSSR count). The third kappa shape index (κ3) is 2.27. The number of carboxylic acids is 1. The van der Waals surface area contributed by atoms with E-state index < -0.39 is 11.5 Å². The van der Waals surface area contributed by atoms with Gasteiger partial charge in [0.25, 0.3) is 0 Å². The van der Waals surface area contributed by atoms with Crippen molar-refractivity contribution in [3.05, 3.63) is 18.0 Å². The summed E-state index contributed by atoms with van der Waals surface area (Å²) in [5.41, 5.74) is 0.377. The van der Waals surface area contributed by atoms with E-state index >= 15 is 0 Å². The number of nitrogens with zero attached hydrogens (tertiary/aromatic N) is 3. The highest BCUT2D eigenvalue weighted by atomic mass is 16.4. The molecule has 0 aromatic carbocycles. The van der Waals surface area contributed by atoms with Crippen LogP contribution in [0, 0.1) is 0 Å². The lowest BCUT2D eigenvalue weighted by atomic mass is 9.89. The van der Waals surface area contributed by atoms with Gasteiger partial charge in [-0.15, -0.1) is 0 Å². The number of aromatic nitrogens is 2. The molecule has 2 atom stereocenters. The van der Waals surface area contributed by atoms with Gasteiger partial charge in [0.15, 0.2) is 0 Å². The molecule has 0 spiro atoms. The van der Waals surface area contributed by atoms with Crippen LogP contribution in [0.2, 0.25) is 0 Å². The summed E-state index contributed by atoms with van der Waals surface area (Å²) in [6.07, 6.45) is 5.07. The molecule has 19 heavy (non-hydrogen) atoms. The fraction of sp³-hybridized carbons (Fsp3) is 0.714. The first-order chi connectivity index (χ1) is 9.03. The fourth-order valence-electron chi connectivity index (χ4n) is 3.44. The number of likely N-dealkylation sites (tertiary alicyclic amines) is 1. The van der Waals surface area contributed by atoms with Crippen molar-refractivity contribution in [2.24, 2.45) is 7.05 Å². The summed E-state index contributed by atoms with van der Waals surface area (Å²) in [6, 6.07) is 2.05. The lowest BCUT2D eigenvalue weighted by molar-refractivity contribution is -0.151. The zero-order valence-corrected chi connectivity index (χ0v) is 12.0. The first-order valence-corrected chi connectivity index (χ1v) is 7.01. The third-order valence-corrected chi connectivity index (χ3v) is 4.36. The van der Waals surface area contributed by atoms with Gasteiger partial charge >= 0.3 is 5.97 Å². The number of carboxylic acid groups (broad SMARTS) is 1. The molecule has 5 heteroatoms. The van der Waals surface area contributed by atoms with Gasteiger partial charge < -0.3 is 5.11 Å². The summed E-state index contributed by atoms with van der Waals surface area (Å²) < 4.78 is 1.83.